The molecule has 1 aliphatic rings. The molecule has 0 bridgehead atoms. The number of hydrogen-bond donors (Lipinski definition) is 6. The Morgan fingerprint density at radius 1 is 0.471 bits per heavy atom. The largest absolute Gasteiger partial charge is 0.454 e. The molecule has 1 amide bonds. The summed E-state index contributed by atoms with van der Waals surface area (Å²) in [4.78, 5) is 26.6. The van der Waals surface area contributed by atoms with Crippen molar-refractivity contribution in [3.8, 4) is 0 Å². The number of allylic oxidation sites excluding steroid dienone is 13. The maximum absolute atomic E-state index is 13.5. The number of amides is 1. The molecule has 0 spiro atoms. The molecule has 492 valence electrons. The SMILES string of the molecule is CC/C=C\C/C=C\C/C=C\C/C=C\C/C=C\C/C=C\CCC(=O)OC1C(OCC(NC(=O)C(O)CCCCCCCCCCCCCCCCCCCCCCCCCC)C(O)/C=C/CCCCCCCCCCCCC)OC(CO)C(O)C1O. The third-order valence-electron chi connectivity index (χ3n) is 16.3. The fourth-order valence-electron chi connectivity index (χ4n) is 10.8. The number of hydrogen-bond acceptors (Lipinski definition) is 10. The van der Waals surface area contributed by atoms with Gasteiger partial charge in [-0.2, -0.15) is 0 Å². The summed E-state index contributed by atoms with van der Waals surface area (Å²) < 4.78 is 17.6. The van der Waals surface area contributed by atoms with E-state index >= 15 is 0 Å². The maximum Gasteiger partial charge on any atom is 0.306 e. The van der Waals surface area contributed by atoms with Crippen LogP contribution in [0.5, 0.6) is 0 Å². The van der Waals surface area contributed by atoms with Crippen LogP contribution in [0.3, 0.4) is 0 Å². The summed E-state index contributed by atoms with van der Waals surface area (Å²) in [5.74, 6) is -1.28. The predicted octanol–water partition coefficient (Wildman–Crippen LogP) is 18.1. The number of rotatable bonds is 60. The van der Waals surface area contributed by atoms with Crippen molar-refractivity contribution in [2.24, 2.45) is 0 Å². The first-order valence-electron chi connectivity index (χ1n) is 35.4. The molecule has 1 fully saturated rings. The van der Waals surface area contributed by atoms with Gasteiger partial charge >= 0.3 is 5.97 Å². The van der Waals surface area contributed by atoms with E-state index in [9.17, 15) is 35.1 Å². The molecule has 1 saturated heterocycles. The zero-order valence-corrected chi connectivity index (χ0v) is 54.7. The van der Waals surface area contributed by atoms with Gasteiger partial charge in [0.2, 0.25) is 5.91 Å². The molecule has 1 rings (SSSR count). The summed E-state index contributed by atoms with van der Waals surface area (Å²) >= 11 is 0. The van der Waals surface area contributed by atoms with Gasteiger partial charge in [-0.15, -0.1) is 0 Å². The van der Waals surface area contributed by atoms with Gasteiger partial charge in [0.1, 0.15) is 24.4 Å². The molecule has 11 nitrogen and oxygen atoms in total. The third kappa shape index (κ3) is 48.4. The predicted molar refractivity (Wildman–Crippen MR) is 356 cm³/mol. The van der Waals surface area contributed by atoms with Crippen LogP contribution in [0.2, 0.25) is 0 Å². The minimum atomic E-state index is -1.65. The van der Waals surface area contributed by atoms with Gasteiger partial charge in [0.25, 0.3) is 0 Å². The molecule has 11 heteroatoms. The zero-order valence-electron chi connectivity index (χ0n) is 54.7. The van der Waals surface area contributed by atoms with Gasteiger partial charge in [-0.25, -0.2) is 0 Å². The molecule has 85 heavy (non-hydrogen) atoms. The first-order valence-corrected chi connectivity index (χ1v) is 35.4. The lowest BCUT2D eigenvalue weighted by atomic mass is 9.99. The van der Waals surface area contributed by atoms with E-state index in [4.69, 9.17) is 14.2 Å². The Morgan fingerprint density at radius 3 is 1.25 bits per heavy atom. The molecule has 0 radical (unpaired) electrons. The lowest BCUT2D eigenvalue weighted by Crippen LogP contribution is -2.61. The van der Waals surface area contributed by atoms with Gasteiger partial charge in [0.05, 0.1) is 25.4 Å². The maximum atomic E-state index is 13.5. The van der Waals surface area contributed by atoms with Gasteiger partial charge < -0.3 is 45.1 Å². The minimum Gasteiger partial charge on any atom is -0.454 e. The van der Waals surface area contributed by atoms with E-state index < -0.39 is 67.4 Å². The Balaban J connectivity index is 2.63. The molecule has 8 unspecified atom stereocenters. The average Bonchev–Trinajstić information content (AvgIpc) is 2.49. The van der Waals surface area contributed by atoms with Crippen molar-refractivity contribution in [3.63, 3.8) is 0 Å². The Hall–Kier alpha value is -3.16. The van der Waals surface area contributed by atoms with E-state index in [0.717, 1.165) is 70.6 Å². The first kappa shape index (κ1) is 79.9. The number of carbonyl (C=O) groups excluding carboxylic acids is 2. The number of carbonyl (C=O) groups is 2. The Kier molecular flexibility index (Phi) is 57.4. The van der Waals surface area contributed by atoms with Crippen molar-refractivity contribution in [1.29, 1.82) is 0 Å². The molecule has 0 aliphatic carbocycles. The Labute approximate surface area is 521 Å². The number of esters is 1. The van der Waals surface area contributed by atoms with E-state index in [1.807, 2.05) is 18.2 Å². The summed E-state index contributed by atoms with van der Waals surface area (Å²) in [6.07, 6.45) is 70.7. The molecule has 0 aromatic rings. The summed E-state index contributed by atoms with van der Waals surface area (Å²) in [5.41, 5.74) is 0. The van der Waals surface area contributed by atoms with E-state index in [0.29, 0.717) is 19.3 Å². The van der Waals surface area contributed by atoms with Crippen molar-refractivity contribution in [1.82, 2.24) is 5.32 Å². The highest BCUT2D eigenvalue weighted by Crippen LogP contribution is 2.26. The third-order valence-corrected chi connectivity index (χ3v) is 16.3. The van der Waals surface area contributed by atoms with E-state index in [1.165, 1.54) is 186 Å². The molecule has 1 aliphatic heterocycles. The van der Waals surface area contributed by atoms with Crippen LogP contribution in [0.15, 0.2) is 85.1 Å². The zero-order chi connectivity index (χ0) is 61.7. The van der Waals surface area contributed by atoms with Crippen LogP contribution < -0.4 is 5.32 Å². The van der Waals surface area contributed by atoms with Gasteiger partial charge in [0.15, 0.2) is 12.4 Å². The van der Waals surface area contributed by atoms with Crippen LogP contribution in [0.1, 0.15) is 310 Å². The quantitative estimate of drug-likeness (QED) is 0.0195. The Bertz CT molecular complexity index is 1710. The van der Waals surface area contributed by atoms with Crippen LogP contribution in [0.4, 0.5) is 0 Å². The highest BCUT2D eigenvalue weighted by molar-refractivity contribution is 5.80. The lowest BCUT2D eigenvalue weighted by Gasteiger charge is -2.41. The van der Waals surface area contributed by atoms with Crippen molar-refractivity contribution in [2.45, 2.75) is 359 Å². The molecule has 0 saturated carbocycles. The summed E-state index contributed by atoms with van der Waals surface area (Å²) in [7, 11) is 0. The summed E-state index contributed by atoms with van der Waals surface area (Å²) in [6.45, 7) is 5.68. The van der Waals surface area contributed by atoms with Crippen molar-refractivity contribution < 1.29 is 49.3 Å². The number of ether oxygens (including phenoxy) is 3. The molecule has 6 N–H and O–H groups in total. The van der Waals surface area contributed by atoms with Crippen LogP contribution >= 0.6 is 0 Å². The highest BCUT2D eigenvalue weighted by atomic mass is 16.7. The van der Waals surface area contributed by atoms with E-state index in [1.54, 1.807) is 6.08 Å². The van der Waals surface area contributed by atoms with Crippen LogP contribution in [-0.4, -0.2) is 99.6 Å². The molecule has 1 heterocycles. The van der Waals surface area contributed by atoms with Crippen LogP contribution in [0, 0.1) is 0 Å². The second-order valence-corrected chi connectivity index (χ2v) is 24.2. The van der Waals surface area contributed by atoms with Gasteiger partial charge in [-0.3, -0.25) is 9.59 Å². The van der Waals surface area contributed by atoms with E-state index in [-0.39, 0.29) is 19.4 Å². The minimum absolute atomic E-state index is 0.00351. The molecule has 0 aromatic carbocycles. The monoisotopic (exact) mass is 1190 g/mol. The molecule has 8 atom stereocenters. The first-order chi connectivity index (χ1) is 41.7. The number of unbranched alkanes of at least 4 members (excludes halogenated alkanes) is 34. The lowest BCUT2D eigenvalue weighted by molar-refractivity contribution is -0.305. The second kappa shape index (κ2) is 61.1. The van der Waals surface area contributed by atoms with Gasteiger partial charge in [0, 0.05) is 6.42 Å². The van der Waals surface area contributed by atoms with Crippen LogP contribution in [-0.2, 0) is 23.8 Å². The Morgan fingerprint density at radius 2 is 0.847 bits per heavy atom. The molecular weight excluding hydrogens is 1060 g/mol. The van der Waals surface area contributed by atoms with Gasteiger partial charge in [-0.05, 0) is 64.2 Å². The number of aliphatic hydroxyl groups excluding tert-OH is 5. The normalized spacial score (nSPS) is 18.9. The van der Waals surface area contributed by atoms with Crippen molar-refractivity contribution >= 4 is 11.9 Å². The van der Waals surface area contributed by atoms with E-state index in [2.05, 4.69) is 86.8 Å². The summed E-state index contributed by atoms with van der Waals surface area (Å²) in [5, 5.41) is 57.2. The fraction of sp³-hybridized carbons (Fsp3) is 0.784. The van der Waals surface area contributed by atoms with Crippen LogP contribution in [0.25, 0.3) is 0 Å². The topological polar surface area (TPSA) is 175 Å². The summed E-state index contributed by atoms with van der Waals surface area (Å²) in [6, 6.07) is -1.04. The van der Waals surface area contributed by atoms with Crippen molar-refractivity contribution in [3.05, 3.63) is 85.1 Å². The standard InChI is InChI=1S/C74H131NO10/c1-4-7-10-13-16-19-22-25-27-29-31-32-33-34-35-37-38-40-43-46-49-52-55-58-61-67(78)73(82)75-65(66(77)60-57-54-51-48-45-42-24-21-18-15-12-9-6-3)64-83-74-72(71(81)70(80)68(63-76)84-74)85-69(79)62-59-56-53-50-47-44-41-39-36-30-28-26-23-20-17-14-11-8-5-2/h8,11,17,20,26,28,36,39,44,47,53,56-57,60,65-68,70-72,74,76-78,80-81H,4-7,9-10,12-16,18-19,21-25,27,29-35,37-38,40-43,45-46,48-52,54-55,58-59,61-64H2,1-3H3,(H,75,82)/b11-8-,20-17-,28-26-,39-36-,47-44-,56-53-,60-57+. The molecular formula is C74H131NO10. The van der Waals surface area contributed by atoms with Gasteiger partial charge in [-0.1, -0.05) is 324 Å². The molecule has 0 aromatic heterocycles. The highest BCUT2D eigenvalue weighted by Gasteiger charge is 2.47. The number of nitrogens with one attached hydrogen (secondary N) is 1. The second-order valence-electron chi connectivity index (χ2n) is 24.2. The fourth-order valence-corrected chi connectivity index (χ4v) is 10.8. The number of aliphatic hydroxyl groups is 5. The smallest absolute Gasteiger partial charge is 0.306 e. The van der Waals surface area contributed by atoms with Crippen molar-refractivity contribution in [2.75, 3.05) is 13.2 Å². The average molecular weight is 1190 g/mol.